The van der Waals surface area contributed by atoms with Crippen molar-refractivity contribution in [2.45, 2.75) is 90.7 Å². The zero-order valence-corrected chi connectivity index (χ0v) is 23.6. The minimum Gasteiger partial charge on any atom is -0.458 e. The van der Waals surface area contributed by atoms with Crippen molar-refractivity contribution in [3.63, 3.8) is 0 Å². The van der Waals surface area contributed by atoms with Gasteiger partial charge in [0.2, 0.25) is 5.91 Å². The summed E-state index contributed by atoms with van der Waals surface area (Å²) in [5.41, 5.74) is 3.16. The van der Waals surface area contributed by atoms with Crippen LogP contribution in [-0.4, -0.2) is 54.0 Å². The topological polar surface area (TPSA) is 103 Å². The highest BCUT2D eigenvalue weighted by Crippen LogP contribution is 2.44. The molecule has 2 aromatic rings. The summed E-state index contributed by atoms with van der Waals surface area (Å²) in [6.45, 7) is 14.2. The molecule has 2 amide bonds. The van der Waals surface area contributed by atoms with Crippen molar-refractivity contribution in [2.24, 2.45) is 0 Å². The molecule has 1 aliphatic carbocycles. The molecule has 1 aliphatic rings. The Kier molecular flexibility index (Phi) is 8.87. The van der Waals surface area contributed by atoms with Crippen molar-refractivity contribution in [3.8, 4) is 11.1 Å². The van der Waals surface area contributed by atoms with Crippen LogP contribution in [-0.2, 0) is 23.8 Å². The zero-order chi connectivity index (χ0) is 28.3. The van der Waals surface area contributed by atoms with Gasteiger partial charge in [-0.05, 0) is 77.6 Å². The first kappa shape index (κ1) is 29.2. The van der Waals surface area contributed by atoms with Crippen molar-refractivity contribution in [1.29, 1.82) is 0 Å². The van der Waals surface area contributed by atoms with E-state index < -0.39 is 47.4 Å². The summed E-state index contributed by atoms with van der Waals surface area (Å²) in [6.07, 6.45) is -1.46. The minimum absolute atomic E-state index is 0.108. The zero-order valence-electron chi connectivity index (χ0n) is 23.6. The molecule has 8 heteroatoms. The van der Waals surface area contributed by atoms with Gasteiger partial charge in [0.25, 0.3) is 0 Å². The maximum atomic E-state index is 13.2. The van der Waals surface area contributed by atoms with E-state index in [9.17, 15) is 14.4 Å². The lowest BCUT2D eigenvalue weighted by molar-refractivity contribution is -0.158. The fourth-order valence-electron chi connectivity index (χ4n) is 4.54. The second-order valence-corrected chi connectivity index (χ2v) is 11.6. The van der Waals surface area contributed by atoms with E-state index in [1.54, 1.807) is 27.7 Å². The van der Waals surface area contributed by atoms with E-state index in [4.69, 9.17) is 14.2 Å². The molecule has 206 valence electrons. The summed E-state index contributed by atoms with van der Waals surface area (Å²) in [6, 6.07) is 14.1. The number of rotatable bonds is 8. The minimum atomic E-state index is -1.10. The fourth-order valence-corrected chi connectivity index (χ4v) is 4.54. The van der Waals surface area contributed by atoms with Crippen LogP contribution < -0.4 is 10.6 Å². The quantitative estimate of drug-likeness (QED) is 0.474. The molecular weight excluding hydrogens is 484 g/mol. The summed E-state index contributed by atoms with van der Waals surface area (Å²) in [5.74, 6) is -1.26. The summed E-state index contributed by atoms with van der Waals surface area (Å²) in [5, 5.41) is 5.29. The number of hydrogen-bond acceptors (Lipinski definition) is 6. The molecule has 38 heavy (non-hydrogen) atoms. The smallest absolute Gasteiger partial charge is 0.407 e. The second-order valence-electron chi connectivity index (χ2n) is 11.6. The van der Waals surface area contributed by atoms with Gasteiger partial charge in [-0.2, -0.15) is 0 Å². The predicted octanol–water partition coefficient (Wildman–Crippen LogP) is 4.94. The second kappa shape index (κ2) is 11.6. The van der Waals surface area contributed by atoms with Gasteiger partial charge in [-0.3, -0.25) is 4.79 Å². The fraction of sp³-hybridized carbons (Fsp3) is 0.500. The van der Waals surface area contributed by atoms with Gasteiger partial charge in [-0.25, -0.2) is 9.59 Å². The standard InChI is InChI=1S/C30H40N2O6/c1-18(27(34)38-30(6,7)8)31-26(33)25(19(2)37-29(3,4)5)32-28(35)36-17-24-22-15-11-9-13-20(22)21-14-10-12-16-23(21)24/h9-16,18-19,24-25H,17H2,1-8H3,(H,31,33)(H,32,35)/t18-,19+,25-/m0/s1. The van der Waals surface area contributed by atoms with Crippen LogP contribution >= 0.6 is 0 Å². The number of hydrogen-bond donors (Lipinski definition) is 2. The van der Waals surface area contributed by atoms with Gasteiger partial charge in [0.15, 0.2) is 0 Å². The predicted molar refractivity (Wildman–Crippen MR) is 146 cm³/mol. The number of ether oxygens (including phenoxy) is 3. The summed E-state index contributed by atoms with van der Waals surface area (Å²) in [7, 11) is 0. The molecule has 8 nitrogen and oxygen atoms in total. The molecule has 2 aromatic carbocycles. The summed E-state index contributed by atoms with van der Waals surface area (Å²) in [4.78, 5) is 38.6. The Labute approximate surface area is 225 Å². The van der Waals surface area contributed by atoms with Crippen LogP contribution in [0.25, 0.3) is 11.1 Å². The Morgan fingerprint density at radius 1 is 0.816 bits per heavy atom. The number of esters is 1. The van der Waals surface area contributed by atoms with Crippen LogP contribution in [0, 0.1) is 0 Å². The maximum absolute atomic E-state index is 13.2. The lowest BCUT2D eigenvalue weighted by Gasteiger charge is -2.31. The van der Waals surface area contributed by atoms with E-state index in [2.05, 4.69) is 22.8 Å². The molecule has 0 heterocycles. The van der Waals surface area contributed by atoms with E-state index in [0.717, 1.165) is 22.3 Å². The van der Waals surface area contributed by atoms with Gasteiger partial charge in [0.05, 0.1) is 11.7 Å². The van der Waals surface area contributed by atoms with Crippen molar-refractivity contribution >= 4 is 18.0 Å². The third kappa shape index (κ3) is 7.57. The Bertz CT molecular complexity index is 1120. The Hall–Kier alpha value is -3.39. The Morgan fingerprint density at radius 3 is 1.84 bits per heavy atom. The first-order valence-corrected chi connectivity index (χ1v) is 13.0. The number of amides is 2. The van der Waals surface area contributed by atoms with Gasteiger partial charge >= 0.3 is 12.1 Å². The molecular formula is C30H40N2O6. The summed E-state index contributed by atoms with van der Waals surface area (Å²) < 4.78 is 17.0. The normalized spacial score (nSPS) is 15.5. The molecule has 0 unspecified atom stereocenters. The van der Waals surface area contributed by atoms with Crippen molar-refractivity contribution in [1.82, 2.24) is 10.6 Å². The van der Waals surface area contributed by atoms with E-state index in [0.29, 0.717) is 0 Å². The first-order valence-electron chi connectivity index (χ1n) is 13.0. The molecule has 2 N–H and O–H groups in total. The SMILES string of the molecule is C[C@H](NC(=O)[C@@H](NC(=O)OCC1c2ccccc2-c2ccccc21)[C@@H](C)OC(C)(C)C)C(=O)OC(C)(C)C. The molecule has 0 spiro atoms. The monoisotopic (exact) mass is 524 g/mol. The van der Waals surface area contributed by atoms with Gasteiger partial charge in [-0.1, -0.05) is 48.5 Å². The molecule has 0 fully saturated rings. The van der Waals surface area contributed by atoms with Crippen LogP contribution in [0.15, 0.2) is 48.5 Å². The summed E-state index contributed by atoms with van der Waals surface area (Å²) >= 11 is 0. The average Bonchev–Trinajstić information content (AvgIpc) is 3.12. The third-order valence-electron chi connectivity index (χ3n) is 6.03. The number of fused-ring (bicyclic) bond motifs is 3. The molecule has 0 bridgehead atoms. The van der Waals surface area contributed by atoms with Crippen LogP contribution in [0.5, 0.6) is 0 Å². The number of nitrogens with one attached hydrogen (secondary N) is 2. The van der Waals surface area contributed by atoms with Crippen LogP contribution in [0.3, 0.4) is 0 Å². The molecule has 0 aromatic heterocycles. The van der Waals surface area contributed by atoms with Crippen molar-refractivity contribution in [2.75, 3.05) is 6.61 Å². The van der Waals surface area contributed by atoms with Gasteiger partial charge in [0.1, 0.15) is 24.3 Å². The van der Waals surface area contributed by atoms with E-state index >= 15 is 0 Å². The van der Waals surface area contributed by atoms with Crippen LogP contribution in [0.2, 0.25) is 0 Å². The largest absolute Gasteiger partial charge is 0.458 e. The number of benzene rings is 2. The lowest BCUT2D eigenvalue weighted by Crippen LogP contribution is -2.57. The van der Waals surface area contributed by atoms with Crippen molar-refractivity contribution in [3.05, 3.63) is 59.7 Å². The maximum Gasteiger partial charge on any atom is 0.407 e. The average molecular weight is 525 g/mol. The Balaban J connectivity index is 1.71. The van der Waals surface area contributed by atoms with Gasteiger partial charge < -0.3 is 24.8 Å². The first-order chi connectivity index (χ1) is 17.7. The number of carbonyl (C=O) groups is 3. The highest BCUT2D eigenvalue weighted by Gasteiger charge is 2.34. The highest BCUT2D eigenvalue weighted by atomic mass is 16.6. The van der Waals surface area contributed by atoms with Crippen LogP contribution in [0.1, 0.15) is 72.4 Å². The Morgan fingerprint density at radius 2 is 1.34 bits per heavy atom. The van der Waals surface area contributed by atoms with Crippen molar-refractivity contribution < 1.29 is 28.6 Å². The molecule has 3 rings (SSSR count). The van der Waals surface area contributed by atoms with Gasteiger partial charge in [0, 0.05) is 5.92 Å². The van der Waals surface area contributed by atoms with E-state index in [1.165, 1.54) is 6.92 Å². The molecule has 0 aliphatic heterocycles. The number of alkyl carbamates (subject to hydrolysis) is 1. The third-order valence-corrected chi connectivity index (χ3v) is 6.03. The van der Waals surface area contributed by atoms with Crippen LogP contribution in [0.4, 0.5) is 4.79 Å². The van der Waals surface area contributed by atoms with Gasteiger partial charge in [-0.15, -0.1) is 0 Å². The molecule has 3 atom stereocenters. The lowest BCUT2D eigenvalue weighted by atomic mass is 9.98. The molecule has 0 radical (unpaired) electrons. The highest BCUT2D eigenvalue weighted by molar-refractivity contribution is 5.90. The molecule has 0 saturated heterocycles. The molecule has 0 saturated carbocycles. The van der Waals surface area contributed by atoms with E-state index in [1.807, 2.05) is 57.2 Å². The van der Waals surface area contributed by atoms with E-state index in [-0.39, 0.29) is 12.5 Å². The number of carbonyl (C=O) groups excluding carboxylic acids is 3.